The molecule has 10 nitrogen and oxygen atoms in total. The molecule has 0 N–H and O–H groups in total. The van der Waals surface area contributed by atoms with Crippen LogP contribution in [-0.2, 0) is 0 Å². The van der Waals surface area contributed by atoms with E-state index in [1.807, 2.05) is 71.2 Å². The van der Waals surface area contributed by atoms with Crippen molar-refractivity contribution in [2.45, 2.75) is 113 Å². The molecule has 0 amide bonds. The molecule has 5 heterocycles. The predicted molar refractivity (Wildman–Crippen MR) is 240 cm³/mol. The summed E-state index contributed by atoms with van der Waals surface area (Å²) < 4.78 is 1.50. The number of hydrogen-bond donors (Lipinski definition) is 0. The lowest BCUT2D eigenvalue weighted by Gasteiger charge is -2.05. The number of nitro groups is 3. The van der Waals surface area contributed by atoms with Gasteiger partial charge in [0.2, 0.25) is 5.00 Å². The molecule has 0 aliphatic carbocycles. The van der Waals surface area contributed by atoms with E-state index in [-0.39, 0.29) is 29.9 Å². The highest BCUT2D eigenvalue weighted by atomic mass is 79.9. The lowest BCUT2D eigenvalue weighted by atomic mass is 10.0. The molecule has 0 aliphatic rings. The van der Waals surface area contributed by atoms with E-state index in [1.54, 1.807) is 23.5 Å². The van der Waals surface area contributed by atoms with Crippen molar-refractivity contribution in [1.82, 2.24) is 0 Å². The Hall–Kier alpha value is -3.04. The highest BCUT2D eigenvalue weighted by Crippen LogP contribution is 2.39. The maximum atomic E-state index is 10.4. The van der Waals surface area contributed by atoms with Crippen LogP contribution in [0.2, 0.25) is 4.34 Å². The van der Waals surface area contributed by atoms with Gasteiger partial charge in [-0.2, -0.15) is 11.3 Å². The van der Waals surface area contributed by atoms with Crippen LogP contribution < -0.4 is 0 Å². The van der Waals surface area contributed by atoms with Crippen molar-refractivity contribution in [3.63, 3.8) is 0 Å². The lowest BCUT2D eigenvalue weighted by molar-refractivity contribution is -0.384. The fraction of sp³-hybridized carbons (Fsp3) is 0.447. The van der Waals surface area contributed by atoms with E-state index in [4.69, 9.17) is 18.2 Å². The smallest absolute Gasteiger partial charge is 0.258 e. The molecule has 5 aromatic heterocycles. The number of thiophene rings is 5. The number of aryl methyl sites for hydroxylation is 1. The zero-order valence-electron chi connectivity index (χ0n) is 33.0. The van der Waals surface area contributed by atoms with Crippen molar-refractivity contribution in [3.05, 3.63) is 128 Å². The zero-order chi connectivity index (χ0) is 42.3. The summed E-state index contributed by atoms with van der Waals surface area (Å²) in [4.78, 5) is 38.0. The molecule has 5 rings (SSSR count). The van der Waals surface area contributed by atoms with Crippen molar-refractivity contribution in [1.29, 1.82) is 0 Å². The minimum Gasteiger partial charge on any atom is -0.258 e. The Labute approximate surface area is 357 Å². The van der Waals surface area contributed by atoms with Crippen molar-refractivity contribution in [2.24, 2.45) is 0 Å². The Kier molecular flexibility index (Phi) is 21.7. The highest BCUT2D eigenvalue weighted by Gasteiger charge is 2.18. The van der Waals surface area contributed by atoms with Crippen molar-refractivity contribution < 1.29 is 14.8 Å². The Morgan fingerprint density at radius 2 is 1.20 bits per heavy atom. The first kappa shape index (κ1) is 50.0. The van der Waals surface area contributed by atoms with Crippen LogP contribution in [-0.4, -0.2) is 14.8 Å². The summed E-state index contributed by atoms with van der Waals surface area (Å²) >= 11 is 16.2. The monoisotopic (exact) mass is 930 g/mol. The molecule has 0 bridgehead atoms. The van der Waals surface area contributed by atoms with Gasteiger partial charge < -0.3 is 0 Å². The number of hydrogen-bond acceptors (Lipinski definition) is 11. The van der Waals surface area contributed by atoms with Crippen molar-refractivity contribution >= 4 is 105 Å². The maximum Gasteiger partial charge on any atom is 0.324 e. The molecular formula is C38H48BrClN4O6S5. The SMILES string of the molecule is CC(C)c1cc([N+](=O)[O-])c(Cl)s1.CC(C)c1ccc(Br)s1.CC(C)c1ccc([N+](=O)[O-])s1.CC(C)c1csc([N+](=O)[O-])c1.[C-]#[N+]c1sc(C)c(C(C)C)c1C. The number of rotatable bonds is 8. The van der Waals surface area contributed by atoms with E-state index in [2.05, 4.69) is 67.5 Å². The molecule has 0 radical (unpaired) electrons. The number of halogens is 2. The van der Waals surface area contributed by atoms with Gasteiger partial charge in [-0.1, -0.05) is 104 Å². The Bertz CT molecular complexity index is 1980. The minimum atomic E-state index is -0.454. The van der Waals surface area contributed by atoms with Gasteiger partial charge >= 0.3 is 10.0 Å². The molecule has 5 aromatic rings. The van der Waals surface area contributed by atoms with Crippen LogP contribution in [0.3, 0.4) is 0 Å². The Morgan fingerprint density at radius 3 is 1.45 bits per heavy atom. The topological polar surface area (TPSA) is 134 Å². The molecule has 0 unspecified atom stereocenters. The normalized spacial score (nSPS) is 10.5. The summed E-state index contributed by atoms with van der Waals surface area (Å²) in [7, 11) is 0. The van der Waals surface area contributed by atoms with Gasteiger partial charge in [0, 0.05) is 38.2 Å². The molecule has 0 saturated carbocycles. The second kappa shape index (κ2) is 23.9. The van der Waals surface area contributed by atoms with E-state index >= 15 is 0 Å². The van der Waals surface area contributed by atoms with Crippen LogP contribution in [0.5, 0.6) is 0 Å². The molecule has 300 valence electrons. The van der Waals surface area contributed by atoms with Gasteiger partial charge in [0.15, 0.2) is 4.34 Å². The molecular weight excluding hydrogens is 884 g/mol. The molecule has 0 aliphatic heterocycles. The van der Waals surface area contributed by atoms with Gasteiger partial charge in [-0.15, -0.1) is 22.7 Å². The fourth-order valence-electron chi connectivity index (χ4n) is 4.51. The molecule has 0 spiro atoms. The van der Waals surface area contributed by atoms with Gasteiger partial charge in [-0.3, -0.25) is 30.3 Å². The van der Waals surface area contributed by atoms with E-state index < -0.39 is 4.92 Å². The third-order valence-electron chi connectivity index (χ3n) is 7.46. The van der Waals surface area contributed by atoms with Crippen LogP contribution in [0.4, 0.5) is 20.7 Å². The third kappa shape index (κ3) is 16.5. The first-order chi connectivity index (χ1) is 25.5. The van der Waals surface area contributed by atoms with Crippen LogP contribution >= 0.6 is 84.2 Å². The van der Waals surface area contributed by atoms with Crippen molar-refractivity contribution in [3.8, 4) is 0 Å². The molecule has 0 aromatic carbocycles. The van der Waals surface area contributed by atoms with Gasteiger partial charge in [0.25, 0.3) is 5.69 Å². The molecule has 17 heteroatoms. The quantitative estimate of drug-likeness (QED) is 0.0864. The van der Waals surface area contributed by atoms with E-state index in [1.165, 1.54) is 64.7 Å². The molecule has 55 heavy (non-hydrogen) atoms. The lowest BCUT2D eigenvalue weighted by Crippen LogP contribution is -1.88. The summed E-state index contributed by atoms with van der Waals surface area (Å²) in [6, 6.07) is 10.8. The fourth-order valence-corrected chi connectivity index (χ4v) is 9.99. The first-order valence-electron chi connectivity index (χ1n) is 17.1. The summed E-state index contributed by atoms with van der Waals surface area (Å²) in [6.45, 7) is 31.9. The van der Waals surface area contributed by atoms with E-state index in [9.17, 15) is 30.3 Å². The molecule has 0 fully saturated rings. The minimum absolute atomic E-state index is 0.0189. The summed E-state index contributed by atoms with van der Waals surface area (Å²) in [5.74, 6) is 2.26. The van der Waals surface area contributed by atoms with E-state index in [0.717, 1.165) is 20.3 Å². The summed E-state index contributed by atoms with van der Waals surface area (Å²) in [5.41, 5.74) is 3.61. The van der Waals surface area contributed by atoms with Crippen LogP contribution in [0.15, 0.2) is 45.6 Å². The van der Waals surface area contributed by atoms with Crippen LogP contribution in [0.1, 0.15) is 135 Å². The van der Waals surface area contributed by atoms with Gasteiger partial charge in [0.1, 0.15) is 0 Å². The standard InChI is InChI=1S/C10H13NS.C7H9BrS.C7H8ClNO2S.2C7H9NO2S/c1-6(2)9-7(3)10(11-5)12-8(9)4;1-5(2)6-3-4-7(8)9-6;1-4(2)6-3-5(9(10)11)7(8)12-6;1-5(2)6-3-7(8(9)10)11-4-6;1-5(2)6-3-4-7(11-6)8(9)10/h6H,1-4H3;3-5H,1-2H3;3-4H,1-2H3;2*3-5H,1-2H3. The second-order valence-electron chi connectivity index (χ2n) is 13.5. The average Bonchev–Trinajstić information content (AvgIpc) is 3.92. The van der Waals surface area contributed by atoms with Gasteiger partial charge in [-0.05, 0) is 99.1 Å². The summed E-state index contributed by atoms with van der Waals surface area (Å²) in [5, 5.41) is 34.0. The maximum absolute atomic E-state index is 10.4. The number of nitrogens with zero attached hydrogens (tertiary/aromatic N) is 4. The van der Waals surface area contributed by atoms with Gasteiger partial charge in [0.05, 0.1) is 25.1 Å². The third-order valence-corrected chi connectivity index (χ3v) is 14.4. The zero-order valence-corrected chi connectivity index (χ0v) is 39.4. The van der Waals surface area contributed by atoms with Crippen molar-refractivity contribution in [2.75, 3.05) is 0 Å². The Morgan fingerprint density at radius 1 is 0.673 bits per heavy atom. The van der Waals surface area contributed by atoms with Gasteiger partial charge in [-0.25, -0.2) is 4.85 Å². The van der Waals surface area contributed by atoms with Crippen LogP contribution in [0, 0.1) is 50.8 Å². The average molecular weight is 933 g/mol. The molecule has 0 atom stereocenters. The second-order valence-corrected chi connectivity index (χ2v) is 20.9. The predicted octanol–water partition coefficient (Wildman–Crippen LogP) is 16.7. The largest absolute Gasteiger partial charge is 0.324 e. The first-order valence-corrected chi connectivity index (χ1v) is 22.5. The van der Waals surface area contributed by atoms with E-state index in [0.29, 0.717) is 29.6 Å². The summed E-state index contributed by atoms with van der Waals surface area (Å²) in [6.07, 6.45) is 0. The van der Waals surface area contributed by atoms with Crippen LogP contribution in [0.25, 0.3) is 4.85 Å². The Balaban J connectivity index is 0.000000345. The molecule has 0 saturated heterocycles. The highest BCUT2D eigenvalue weighted by molar-refractivity contribution is 9.11.